The Morgan fingerprint density at radius 3 is 2.63 bits per heavy atom. The van der Waals surface area contributed by atoms with Crippen LogP contribution in [0.25, 0.3) is 0 Å². The molecule has 0 bridgehead atoms. The summed E-state index contributed by atoms with van der Waals surface area (Å²) in [5.41, 5.74) is 2.03. The Bertz CT molecular complexity index is 467. The Hall–Kier alpha value is -0.100. The number of carbonyl (C=O) groups is 1. The number of piperidine rings is 1. The zero-order valence-electron chi connectivity index (χ0n) is 11.3. The van der Waals surface area contributed by atoms with Gasteiger partial charge in [0.15, 0.2) is 0 Å². The van der Waals surface area contributed by atoms with Crippen LogP contribution in [0, 0.1) is 16.4 Å². The Morgan fingerprint density at radius 2 is 2.05 bits per heavy atom. The minimum Gasteiger partial charge on any atom is -0.339 e. The minimum absolute atomic E-state index is 0.189. The summed E-state index contributed by atoms with van der Waals surface area (Å²) in [5, 5.41) is 0. The predicted molar refractivity (Wildman–Crippen MR) is 90.9 cm³/mol. The lowest BCUT2D eigenvalue weighted by Gasteiger charge is -2.33. The van der Waals surface area contributed by atoms with E-state index in [1.54, 1.807) is 0 Å². The van der Waals surface area contributed by atoms with E-state index in [-0.39, 0.29) is 5.91 Å². The number of alkyl halides is 1. The van der Waals surface area contributed by atoms with Gasteiger partial charge in [-0.05, 0) is 59.9 Å². The van der Waals surface area contributed by atoms with Gasteiger partial charge in [-0.25, -0.2) is 0 Å². The number of benzene rings is 1. The van der Waals surface area contributed by atoms with Crippen LogP contribution >= 0.6 is 38.5 Å². The van der Waals surface area contributed by atoms with Crippen molar-refractivity contribution in [1.29, 1.82) is 0 Å². The normalized spacial score (nSPS) is 18.4. The van der Waals surface area contributed by atoms with Gasteiger partial charge in [-0.1, -0.05) is 35.0 Å². The SMILES string of the molecule is Cc1cccc(C(=O)N2CCC(C(C)Br)CC2)c1I. The van der Waals surface area contributed by atoms with Gasteiger partial charge in [0.2, 0.25) is 0 Å². The van der Waals surface area contributed by atoms with Crippen LogP contribution in [0.5, 0.6) is 0 Å². The van der Waals surface area contributed by atoms with Crippen LogP contribution in [0.3, 0.4) is 0 Å². The molecule has 1 aliphatic heterocycles. The second-order valence-electron chi connectivity index (χ2n) is 5.24. The van der Waals surface area contributed by atoms with Gasteiger partial charge in [0.1, 0.15) is 0 Å². The van der Waals surface area contributed by atoms with Gasteiger partial charge in [0.05, 0.1) is 5.56 Å². The fraction of sp³-hybridized carbons (Fsp3) is 0.533. The van der Waals surface area contributed by atoms with Crippen molar-refractivity contribution in [3.8, 4) is 0 Å². The van der Waals surface area contributed by atoms with E-state index in [2.05, 4.69) is 58.4 Å². The molecule has 104 valence electrons. The summed E-state index contributed by atoms with van der Waals surface area (Å²) in [4.78, 5) is 15.1. The van der Waals surface area contributed by atoms with E-state index in [0.717, 1.165) is 35.1 Å². The third-order valence-corrected chi connectivity index (χ3v) is 6.08. The number of aryl methyl sites for hydroxylation is 1. The first-order valence-corrected chi connectivity index (χ1v) is 8.68. The van der Waals surface area contributed by atoms with E-state index in [1.165, 1.54) is 5.56 Å². The Kier molecular flexibility index (Phi) is 5.29. The van der Waals surface area contributed by atoms with Gasteiger partial charge in [-0.15, -0.1) is 0 Å². The molecule has 2 rings (SSSR count). The topological polar surface area (TPSA) is 20.3 Å². The Morgan fingerprint density at radius 1 is 1.42 bits per heavy atom. The van der Waals surface area contributed by atoms with Crippen LogP contribution in [0.1, 0.15) is 35.7 Å². The molecule has 1 saturated heterocycles. The molecule has 1 atom stereocenters. The summed E-state index contributed by atoms with van der Waals surface area (Å²) in [6.07, 6.45) is 2.20. The number of nitrogens with zero attached hydrogens (tertiary/aromatic N) is 1. The molecule has 0 aromatic heterocycles. The lowest BCUT2D eigenvalue weighted by Crippen LogP contribution is -2.40. The summed E-state index contributed by atoms with van der Waals surface area (Å²) >= 11 is 5.93. The first-order valence-electron chi connectivity index (χ1n) is 6.69. The van der Waals surface area contributed by atoms with E-state index in [1.807, 2.05) is 17.0 Å². The maximum atomic E-state index is 12.6. The molecule has 1 aromatic rings. The molecule has 0 radical (unpaired) electrons. The van der Waals surface area contributed by atoms with Crippen molar-refractivity contribution in [2.24, 2.45) is 5.92 Å². The van der Waals surface area contributed by atoms with Crippen molar-refractivity contribution in [2.75, 3.05) is 13.1 Å². The van der Waals surface area contributed by atoms with Crippen molar-refractivity contribution in [2.45, 2.75) is 31.5 Å². The molecule has 1 heterocycles. The van der Waals surface area contributed by atoms with E-state index in [0.29, 0.717) is 10.7 Å². The smallest absolute Gasteiger partial charge is 0.254 e. The number of hydrogen-bond acceptors (Lipinski definition) is 1. The minimum atomic E-state index is 0.189. The van der Waals surface area contributed by atoms with Gasteiger partial charge < -0.3 is 4.90 Å². The summed E-state index contributed by atoms with van der Waals surface area (Å²) in [6, 6.07) is 5.96. The van der Waals surface area contributed by atoms with Crippen molar-refractivity contribution < 1.29 is 4.79 Å². The largest absolute Gasteiger partial charge is 0.339 e. The quantitative estimate of drug-likeness (QED) is 0.502. The maximum absolute atomic E-state index is 12.6. The number of rotatable bonds is 2. The van der Waals surface area contributed by atoms with Crippen molar-refractivity contribution >= 4 is 44.4 Å². The molecule has 1 fully saturated rings. The number of halogens is 2. The molecule has 19 heavy (non-hydrogen) atoms. The second-order valence-corrected chi connectivity index (χ2v) is 7.77. The molecule has 1 amide bonds. The average molecular weight is 436 g/mol. The third kappa shape index (κ3) is 3.51. The molecular weight excluding hydrogens is 417 g/mol. The lowest BCUT2D eigenvalue weighted by molar-refractivity contribution is 0.0690. The number of hydrogen-bond donors (Lipinski definition) is 0. The molecule has 1 aliphatic rings. The van der Waals surface area contributed by atoms with Gasteiger partial charge in [0.25, 0.3) is 5.91 Å². The summed E-state index contributed by atoms with van der Waals surface area (Å²) in [6.45, 7) is 6.01. The molecule has 0 N–H and O–H groups in total. The van der Waals surface area contributed by atoms with Crippen LogP contribution in [0.2, 0.25) is 0 Å². The summed E-state index contributed by atoms with van der Waals surface area (Å²) < 4.78 is 1.08. The van der Waals surface area contributed by atoms with E-state index in [9.17, 15) is 4.79 Å². The number of amides is 1. The lowest BCUT2D eigenvalue weighted by atomic mass is 9.94. The monoisotopic (exact) mass is 435 g/mol. The molecule has 0 spiro atoms. The zero-order chi connectivity index (χ0) is 14.0. The summed E-state index contributed by atoms with van der Waals surface area (Å²) in [5.74, 6) is 0.884. The first-order chi connectivity index (χ1) is 9.00. The highest BCUT2D eigenvalue weighted by Crippen LogP contribution is 2.27. The van der Waals surface area contributed by atoms with Crippen LogP contribution in [0.15, 0.2) is 18.2 Å². The highest BCUT2D eigenvalue weighted by atomic mass is 127. The van der Waals surface area contributed by atoms with Crippen molar-refractivity contribution in [1.82, 2.24) is 4.90 Å². The number of carbonyl (C=O) groups excluding carboxylic acids is 1. The molecule has 2 nitrogen and oxygen atoms in total. The highest BCUT2D eigenvalue weighted by molar-refractivity contribution is 14.1. The van der Waals surface area contributed by atoms with E-state index < -0.39 is 0 Å². The zero-order valence-corrected chi connectivity index (χ0v) is 15.1. The van der Waals surface area contributed by atoms with E-state index >= 15 is 0 Å². The second kappa shape index (κ2) is 6.57. The van der Waals surface area contributed by atoms with Gasteiger partial charge in [-0.2, -0.15) is 0 Å². The van der Waals surface area contributed by atoms with Crippen LogP contribution < -0.4 is 0 Å². The molecule has 0 saturated carbocycles. The standard InChI is InChI=1S/C15H19BrINO/c1-10-4-3-5-13(14(10)17)15(19)18-8-6-12(7-9-18)11(2)16/h3-5,11-12H,6-9H2,1-2H3. The van der Waals surface area contributed by atoms with E-state index in [4.69, 9.17) is 0 Å². The van der Waals surface area contributed by atoms with Gasteiger partial charge in [-0.3, -0.25) is 4.79 Å². The molecular formula is C15H19BrINO. The molecule has 4 heteroatoms. The average Bonchev–Trinajstić information content (AvgIpc) is 2.41. The first kappa shape index (κ1) is 15.3. The third-order valence-electron chi connectivity index (χ3n) is 3.90. The van der Waals surface area contributed by atoms with Crippen molar-refractivity contribution in [3.05, 3.63) is 32.9 Å². The maximum Gasteiger partial charge on any atom is 0.254 e. The van der Waals surface area contributed by atoms with Gasteiger partial charge >= 0.3 is 0 Å². The van der Waals surface area contributed by atoms with Crippen molar-refractivity contribution in [3.63, 3.8) is 0 Å². The highest BCUT2D eigenvalue weighted by Gasteiger charge is 2.26. The van der Waals surface area contributed by atoms with Crippen LogP contribution in [-0.2, 0) is 0 Å². The number of likely N-dealkylation sites (tertiary alicyclic amines) is 1. The Balaban J connectivity index is 2.07. The van der Waals surface area contributed by atoms with Crippen LogP contribution in [-0.4, -0.2) is 28.7 Å². The summed E-state index contributed by atoms with van der Waals surface area (Å²) in [7, 11) is 0. The fourth-order valence-corrected chi connectivity index (χ4v) is 3.66. The van der Waals surface area contributed by atoms with Gasteiger partial charge in [0, 0.05) is 21.5 Å². The predicted octanol–water partition coefficient (Wildman–Crippen LogP) is 4.24. The molecule has 1 unspecified atom stereocenters. The Labute approximate surface area is 137 Å². The fourth-order valence-electron chi connectivity index (χ4n) is 2.54. The molecule has 1 aromatic carbocycles. The van der Waals surface area contributed by atoms with Crippen LogP contribution in [0.4, 0.5) is 0 Å². The molecule has 0 aliphatic carbocycles.